The lowest BCUT2D eigenvalue weighted by atomic mass is 9.96. The quantitative estimate of drug-likeness (QED) is 0.661. The number of ketones is 1. The van der Waals surface area contributed by atoms with Crippen molar-refractivity contribution in [3.63, 3.8) is 0 Å². The number of imidazole rings is 1. The second-order valence-corrected chi connectivity index (χ2v) is 8.53. The Bertz CT molecular complexity index is 1110. The van der Waals surface area contributed by atoms with E-state index in [0.717, 1.165) is 43.8 Å². The molecule has 31 heavy (non-hydrogen) atoms. The molecule has 7 nitrogen and oxygen atoms in total. The highest BCUT2D eigenvalue weighted by molar-refractivity contribution is 6.12. The van der Waals surface area contributed by atoms with Crippen LogP contribution in [0.1, 0.15) is 23.7 Å². The molecule has 2 aliphatic heterocycles. The number of nitrogens with zero attached hydrogens (tertiary/aromatic N) is 4. The van der Waals surface area contributed by atoms with Gasteiger partial charge in [-0.1, -0.05) is 24.3 Å². The second-order valence-electron chi connectivity index (χ2n) is 8.53. The first kappa shape index (κ1) is 19.9. The summed E-state index contributed by atoms with van der Waals surface area (Å²) >= 11 is 0. The predicted molar refractivity (Wildman–Crippen MR) is 120 cm³/mol. The molecule has 160 valence electrons. The van der Waals surface area contributed by atoms with Crippen LogP contribution in [-0.2, 0) is 22.7 Å². The average molecular weight is 418 g/mol. The lowest BCUT2D eigenvalue weighted by Gasteiger charge is -2.32. The van der Waals surface area contributed by atoms with Crippen LogP contribution in [0, 0.1) is 0 Å². The molecule has 0 radical (unpaired) electrons. The first-order valence-corrected chi connectivity index (χ1v) is 10.9. The number of carbonyl (C=O) groups is 2. The summed E-state index contributed by atoms with van der Waals surface area (Å²) in [5.74, 6) is -0.715. The van der Waals surface area contributed by atoms with Gasteiger partial charge < -0.3 is 14.8 Å². The molecule has 1 saturated heterocycles. The van der Waals surface area contributed by atoms with Crippen LogP contribution in [0.5, 0.6) is 0 Å². The third-order valence-electron chi connectivity index (χ3n) is 6.33. The van der Waals surface area contributed by atoms with Crippen LogP contribution in [0.2, 0.25) is 0 Å². The van der Waals surface area contributed by atoms with E-state index in [4.69, 9.17) is 0 Å². The number of carbonyl (C=O) groups excluding carboxylic acids is 2. The summed E-state index contributed by atoms with van der Waals surface area (Å²) in [4.78, 5) is 35.1. The van der Waals surface area contributed by atoms with E-state index in [9.17, 15) is 9.59 Å². The fourth-order valence-electron chi connectivity index (χ4n) is 4.50. The number of aromatic nitrogens is 2. The Morgan fingerprint density at radius 3 is 2.55 bits per heavy atom. The van der Waals surface area contributed by atoms with Gasteiger partial charge in [-0.05, 0) is 36.9 Å². The summed E-state index contributed by atoms with van der Waals surface area (Å²) in [6, 6.07) is 15.7. The zero-order valence-electron chi connectivity index (χ0n) is 17.8. The van der Waals surface area contributed by atoms with Crippen LogP contribution in [-0.4, -0.2) is 64.3 Å². The van der Waals surface area contributed by atoms with Crippen LogP contribution < -0.4 is 5.32 Å². The van der Waals surface area contributed by atoms with E-state index in [0.29, 0.717) is 24.5 Å². The van der Waals surface area contributed by atoms with E-state index < -0.39 is 5.92 Å². The summed E-state index contributed by atoms with van der Waals surface area (Å²) < 4.78 is 2.00. The molecule has 7 heteroatoms. The Hall–Kier alpha value is -3.03. The molecular weight excluding hydrogens is 390 g/mol. The molecular formula is C24H27N5O2. The number of fused-ring (bicyclic) bond motifs is 3. The number of para-hydroxylation sites is 2. The van der Waals surface area contributed by atoms with E-state index in [2.05, 4.69) is 27.1 Å². The van der Waals surface area contributed by atoms with Crippen molar-refractivity contribution in [3.05, 3.63) is 59.9 Å². The normalized spacial score (nSPS) is 20.0. The van der Waals surface area contributed by atoms with Crippen molar-refractivity contribution in [1.29, 1.82) is 0 Å². The number of benzene rings is 2. The van der Waals surface area contributed by atoms with Crippen molar-refractivity contribution in [2.45, 2.75) is 25.4 Å². The maximum Gasteiger partial charge on any atom is 0.242 e. The third kappa shape index (κ3) is 3.98. The van der Waals surface area contributed by atoms with Crippen molar-refractivity contribution in [3.8, 4) is 0 Å². The van der Waals surface area contributed by atoms with Crippen LogP contribution in [0.4, 0.5) is 5.69 Å². The number of Topliss-reactive ketones (excluding diaryl/α,β-unsaturated/α-hetero) is 1. The van der Waals surface area contributed by atoms with Gasteiger partial charge in [0.2, 0.25) is 5.91 Å². The zero-order valence-corrected chi connectivity index (χ0v) is 17.8. The van der Waals surface area contributed by atoms with Gasteiger partial charge >= 0.3 is 0 Å². The molecule has 0 aliphatic carbocycles. The molecule has 1 atom stereocenters. The minimum absolute atomic E-state index is 0.0769. The molecule has 3 aromatic rings. The topological polar surface area (TPSA) is 70.5 Å². The fraction of sp³-hybridized carbons (Fsp3) is 0.375. The smallest absolute Gasteiger partial charge is 0.242 e. The van der Waals surface area contributed by atoms with Gasteiger partial charge in [0.05, 0.1) is 11.0 Å². The summed E-state index contributed by atoms with van der Waals surface area (Å²) in [5.41, 5.74) is 3.71. The first-order valence-electron chi connectivity index (χ1n) is 10.9. The van der Waals surface area contributed by atoms with Gasteiger partial charge in [-0.15, -0.1) is 0 Å². The van der Waals surface area contributed by atoms with Gasteiger partial charge in [0.1, 0.15) is 5.82 Å². The van der Waals surface area contributed by atoms with Crippen molar-refractivity contribution >= 4 is 28.4 Å². The van der Waals surface area contributed by atoms with Crippen LogP contribution in [0.25, 0.3) is 11.0 Å². The maximum atomic E-state index is 13.1. The number of aryl methyl sites for hydroxylation is 1. The van der Waals surface area contributed by atoms with Gasteiger partial charge in [0, 0.05) is 51.4 Å². The highest BCUT2D eigenvalue weighted by Crippen LogP contribution is 2.29. The van der Waals surface area contributed by atoms with E-state index in [1.165, 1.54) is 5.56 Å². The van der Waals surface area contributed by atoms with E-state index in [1.807, 2.05) is 53.1 Å². The number of hydrogen-bond acceptors (Lipinski definition) is 5. The number of rotatable bonds is 4. The number of nitrogens with one attached hydrogen (secondary N) is 1. The van der Waals surface area contributed by atoms with Crippen molar-refractivity contribution in [1.82, 2.24) is 19.4 Å². The largest absolute Gasteiger partial charge is 0.326 e. The number of hydrogen-bond donors (Lipinski definition) is 1. The highest BCUT2D eigenvalue weighted by atomic mass is 16.2. The van der Waals surface area contributed by atoms with Gasteiger partial charge in [-0.2, -0.15) is 0 Å². The Balaban J connectivity index is 1.29. The van der Waals surface area contributed by atoms with Gasteiger partial charge in [0.15, 0.2) is 11.7 Å². The molecule has 1 fully saturated rings. The van der Waals surface area contributed by atoms with Gasteiger partial charge in [0.25, 0.3) is 0 Å². The summed E-state index contributed by atoms with van der Waals surface area (Å²) in [5, 5.41) is 2.93. The molecule has 1 aromatic heterocycles. The minimum Gasteiger partial charge on any atom is -0.326 e. The molecule has 0 saturated carbocycles. The van der Waals surface area contributed by atoms with Crippen LogP contribution in [0.15, 0.2) is 48.5 Å². The standard InChI is InChI=1S/C24H27N5O2/c1-27-12-14-28(15-13-27)16-17-6-8-18(9-7-17)25-24(31)22-21(30)10-11-29-20-5-3-2-4-19(20)26-23(22)29/h2-9,22H,10-16H2,1H3,(H,25,31). The molecule has 1 N–H and O–H groups in total. The second kappa shape index (κ2) is 8.24. The fourth-order valence-corrected chi connectivity index (χ4v) is 4.50. The van der Waals surface area contributed by atoms with Crippen molar-refractivity contribution < 1.29 is 9.59 Å². The number of amides is 1. The molecule has 5 rings (SSSR count). The highest BCUT2D eigenvalue weighted by Gasteiger charge is 2.36. The van der Waals surface area contributed by atoms with E-state index in [-0.39, 0.29) is 11.7 Å². The van der Waals surface area contributed by atoms with E-state index in [1.54, 1.807) is 0 Å². The SMILES string of the molecule is CN1CCN(Cc2ccc(NC(=O)C3C(=O)CCn4c3nc3ccccc34)cc2)CC1. The first-order chi connectivity index (χ1) is 15.1. The van der Waals surface area contributed by atoms with Gasteiger partial charge in [-0.25, -0.2) is 4.98 Å². The summed E-state index contributed by atoms with van der Waals surface area (Å²) in [6.07, 6.45) is 0.343. The average Bonchev–Trinajstić information content (AvgIpc) is 3.15. The zero-order chi connectivity index (χ0) is 21.4. The predicted octanol–water partition coefficient (Wildman–Crippen LogP) is 2.48. The Kier molecular flexibility index (Phi) is 5.29. The van der Waals surface area contributed by atoms with Crippen LogP contribution in [0.3, 0.4) is 0 Å². The monoisotopic (exact) mass is 417 g/mol. The lowest BCUT2D eigenvalue weighted by molar-refractivity contribution is -0.128. The number of piperazine rings is 1. The van der Waals surface area contributed by atoms with Gasteiger partial charge in [-0.3, -0.25) is 14.5 Å². The number of anilines is 1. The Morgan fingerprint density at radius 1 is 1.03 bits per heavy atom. The third-order valence-corrected chi connectivity index (χ3v) is 6.33. The van der Waals surface area contributed by atoms with Crippen LogP contribution >= 0.6 is 0 Å². The molecule has 1 amide bonds. The molecule has 2 aliphatic rings. The molecule has 0 spiro atoms. The lowest BCUT2D eigenvalue weighted by Crippen LogP contribution is -2.43. The molecule has 0 bridgehead atoms. The van der Waals surface area contributed by atoms with E-state index >= 15 is 0 Å². The summed E-state index contributed by atoms with van der Waals surface area (Å²) in [7, 11) is 2.15. The molecule has 3 heterocycles. The molecule has 2 aromatic carbocycles. The summed E-state index contributed by atoms with van der Waals surface area (Å²) in [6.45, 7) is 5.80. The maximum absolute atomic E-state index is 13.1. The molecule has 1 unspecified atom stereocenters. The number of likely N-dealkylation sites (N-methyl/N-ethyl adjacent to an activating group) is 1. The van der Waals surface area contributed by atoms with Crippen molar-refractivity contribution in [2.75, 3.05) is 38.5 Å². The minimum atomic E-state index is -0.869. The Labute approximate surface area is 181 Å². The van der Waals surface area contributed by atoms with Crippen molar-refractivity contribution in [2.24, 2.45) is 0 Å². The Morgan fingerprint density at radius 2 is 1.77 bits per heavy atom.